The van der Waals surface area contributed by atoms with E-state index < -0.39 is 28.0 Å². The van der Waals surface area contributed by atoms with Crippen LogP contribution in [-0.2, 0) is 14.9 Å². The molecular formula is C45H89NO5S. The van der Waals surface area contributed by atoms with Gasteiger partial charge in [0.15, 0.2) is 0 Å². The summed E-state index contributed by atoms with van der Waals surface area (Å²) >= 11 is 0. The van der Waals surface area contributed by atoms with Crippen molar-refractivity contribution in [2.75, 3.05) is 5.75 Å². The van der Waals surface area contributed by atoms with E-state index in [9.17, 15) is 22.9 Å². The third-order valence-electron chi connectivity index (χ3n) is 10.7. The van der Waals surface area contributed by atoms with Crippen LogP contribution in [0.1, 0.15) is 251 Å². The first-order chi connectivity index (χ1) is 25.3. The molecule has 52 heavy (non-hydrogen) atoms. The SMILES string of the molecule is CCCCCCCCCC/C=C\CCCCCCCCCCCC(=O)NC(CS(=O)(=O)O)C(O)CCCCCCCCCCCCCCCCCC. The van der Waals surface area contributed by atoms with Gasteiger partial charge in [0.25, 0.3) is 10.1 Å². The lowest BCUT2D eigenvalue weighted by Gasteiger charge is -2.23. The second-order valence-corrected chi connectivity index (χ2v) is 17.5. The largest absolute Gasteiger partial charge is 0.391 e. The Balaban J connectivity index is 3.78. The number of unbranched alkanes of at least 4 members (excludes halogenated alkanes) is 32. The molecule has 0 heterocycles. The molecule has 0 saturated carbocycles. The van der Waals surface area contributed by atoms with Gasteiger partial charge in [0.2, 0.25) is 5.91 Å². The normalized spacial score (nSPS) is 13.2. The number of hydrogen-bond donors (Lipinski definition) is 3. The molecule has 0 bridgehead atoms. The maximum Gasteiger partial charge on any atom is 0.266 e. The van der Waals surface area contributed by atoms with Gasteiger partial charge in [0.1, 0.15) is 0 Å². The van der Waals surface area contributed by atoms with Crippen molar-refractivity contribution in [1.29, 1.82) is 0 Å². The molecule has 0 spiro atoms. The average Bonchev–Trinajstić information content (AvgIpc) is 3.11. The number of carbonyl (C=O) groups excluding carboxylic acids is 1. The molecule has 0 aromatic carbocycles. The predicted octanol–water partition coefficient (Wildman–Crippen LogP) is 13.7. The summed E-state index contributed by atoms with van der Waals surface area (Å²) in [7, 11) is -4.31. The van der Waals surface area contributed by atoms with Crippen LogP contribution in [0.4, 0.5) is 0 Å². The van der Waals surface area contributed by atoms with Crippen LogP contribution in [0.5, 0.6) is 0 Å². The van der Waals surface area contributed by atoms with Crippen molar-refractivity contribution >= 4 is 16.0 Å². The number of rotatable bonds is 42. The molecule has 3 N–H and O–H groups in total. The highest BCUT2D eigenvalue weighted by molar-refractivity contribution is 7.85. The molecule has 7 heteroatoms. The minimum absolute atomic E-state index is 0.244. The van der Waals surface area contributed by atoms with E-state index in [4.69, 9.17) is 0 Å². The zero-order chi connectivity index (χ0) is 38.2. The molecule has 2 unspecified atom stereocenters. The Kier molecular flexibility index (Phi) is 39.1. The van der Waals surface area contributed by atoms with Gasteiger partial charge in [-0.2, -0.15) is 8.42 Å². The summed E-state index contributed by atoms with van der Waals surface area (Å²) in [4.78, 5) is 12.6. The van der Waals surface area contributed by atoms with E-state index in [1.54, 1.807) is 0 Å². The topological polar surface area (TPSA) is 104 Å². The van der Waals surface area contributed by atoms with Crippen molar-refractivity contribution in [2.24, 2.45) is 0 Å². The minimum atomic E-state index is -4.31. The van der Waals surface area contributed by atoms with Gasteiger partial charge in [0, 0.05) is 6.42 Å². The molecule has 0 rings (SSSR count). The number of allylic oxidation sites excluding steroid dienone is 2. The van der Waals surface area contributed by atoms with Crippen molar-refractivity contribution in [1.82, 2.24) is 5.32 Å². The van der Waals surface area contributed by atoms with Crippen LogP contribution in [0.15, 0.2) is 12.2 Å². The fourth-order valence-electron chi connectivity index (χ4n) is 7.27. The van der Waals surface area contributed by atoms with Gasteiger partial charge >= 0.3 is 0 Å². The van der Waals surface area contributed by atoms with E-state index >= 15 is 0 Å². The number of amides is 1. The van der Waals surface area contributed by atoms with Crippen LogP contribution in [0.3, 0.4) is 0 Å². The highest BCUT2D eigenvalue weighted by Crippen LogP contribution is 2.17. The molecule has 0 aliphatic heterocycles. The van der Waals surface area contributed by atoms with E-state index in [1.165, 1.54) is 186 Å². The van der Waals surface area contributed by atoms with Gasteiger partial charge < -0.3 is 10.4 Å². The Morgan fingerprint density at radius 2 is 0.808 bits per heavy atom. The smallest absolute Gasteiger partial charge is 0.266 e. The van der Waals surface area contributed by atoms with Gasteiger partial charge in [-0.3, -0.25) is 9.35 Å². The van der Waals surface area contributed by atoms with Crippen LogP contribution in [0.2, 0.25) is 0 Å². The fourth-order valence-corrected chi connectivity index (χ4v) is 8.03. The first-order valence-electron chi connectivity index (χ1n) is 22.9. The molecule has 0 radical (unpaired) electrons. The van der Waals surface area contributed by atoms with Crippen LogP contribution in [0, 0.1) is 0 Å². The maximum atomic E-state index is 12.6. The summed E-state index contributed by atoms with van der Waals surface area (Å²) in [5.74, 6) is -0.888. The Morgan fingerprint density at radius 1 is 0.500 bits per heavy atom. The van der Waals surface area contributed by atoms with Gasteiger partial charge in [-0.25, -0.2) is 0 Å². The summed E-state index contributed by atoms with van der Waals surface area (Å²) in [6, 6.07) is -0.968. The summed E-state index contributed by atoms with van der Waals surface area (Å²) < 4.78 is 32.6. The lowest BCUT2D eigenvalue weighted by molar-refractivity contribution is -0.122. The second-order valence-electron chi connectivity index (χ2n) is 16.0. The molecule has 0 fully saturated rings. The Bertz CT molecular complexity index is 877. The van der Waals surface area contributed by atoms with E-state index in [1.807, 2.05) is 0 Å². The molecule has 0 aromatic rings. The Hall–Kier alpha value is -0.920. The van der Waals surface area contributed by atoms with E-state index in [2.05, 4.69) is 31.3 Å². The highest BCUT2D eigenvalue weighted by Gasteiger charge is 2.26. The van der Waals surface area contributed by atoms with Crippen LogP contribution >= 0.6 is 0 Å². The van der Waals surface area contributed by atoms with Crippen LogP contribution in [0.25, 0.3) is 0 Å². The van der Waals surface area contributed by atoms with Crippen molar-refractivity contribution in [3.8, 4) is 0 Å². The van der Waals surface area contributed by atoms with Crippen molar-refractivity contribution in [3.63, 3.8) is 0 Å². The molecule has 0 aromatic heterocycles. The summed E-state index contributed by atoms with van der Waals surface area (Å²) in [6.07, 6.45) is 48.8. The summed E-state index contributed by atoms with van der Waals surface area (Å²) in [5, 5.41) is 13.4. The minimum Gasteiger partial charge on any atom is -0.391 e. The zero-order valence-corrected chi connectivity index (χ0v) is 35.5. The van der Waals surface area contributed by atoms with E-state index in [0.717, 1.165) is 38.5 Å². The molecule has 310 valence electrons. The predicted molar refractivity (Wildman–Crippen MR) is 226 cm³/mol. The Morgan fingerprint density at radius 3 is 1.15 bits per heavy atom. The molecule has 0 aliphatic rings. The van der Waals surface area contributed by atoms with E-state index in [-0.39, 0.29) is 5.91 Å². The van der Waals surface area contributed by atoms with Gasteiger partial charge in [-0.15, -0.1) is 0 Å². The monoisotopic (exact) mass is 756 g/mol. The molecule has 6 nitrogen and oxygen atoms in total. The van der Waals surface area contributed by atoms with Crippen LogP contribution in [-0.4, -0.2) is 41.9 Å². The molecule has 0 aliphatic carbocycles. The molecular weight excluding hydrogens is 667 g/mol. The van der Waals surface area contributed by atoms with Gasteiger partial charge in [-0.05, 0) is 38.5 Å². The number of hydrogen-bond acceptors (Lipinski definition) is 4. The average molecular weight is 756 g/mol. The second kappa shape index (κ2) is 39.8. The number of carbonyl (C=O) groups is 1. The lowest BCUT2D eigenvalue weighted by Crippen LogP contribution is -2.47. The van der Waals surface area contributed by atoms with E-state index in [0.29, 0.717) is 12.8 Å². The maximum absolute atomic E-state index is 12.6. The quantitative estimate of drug-likeness (QED) is 0.0327. The third kappa shape index (κ3) is 40.3. The van der Waals surface area contributed by atoms with Crippen molar-refractivity contribution in [2.45, 2.75) is 264 Å². The first-order valence-corrected chi connectivity index (χ1v) is 24.5. The standard InChI is InChI=1S/C45H89NO5S/c1-3-5-7-9-11-13-15-17-19-21-22-23-24-25-27-29-31-33-35-37-39-41-45(48)46-43(42-52(49,50)51)44(47)40-38-36-34-32-30-28-26-20-18-16-14-12-10-8-6-4-2/h21-22,43-44,47H,3-20,23-42H2,1-2H3,(H,46,48)(H,49,50,51)/b22-21-. The first kappa shape index (κ1) is 51.1. The Labute approximate surface area is 324 Å². The fraction of sp³-hybridized carbons (Fsp3) is 0.933. The molecule has 0 saturated heterocycles. The third-order valence-corrected chi connectivity index (χ3v) is 11.5. The van der Waals surface area contributed by atoms with Crippen LogP contribution < -0.4 is 5.32 Å². The molecule has 1 amide bonds. The highest BCUT2D eigenvalue weighted by atomic mass is 32.2. The van der Waals surface area contributed by atoms with Gasteiger partial charge in [-0.1, -0.05) is 219 Å². The van der Waals surface area contributed by atoms with Crippen molar-refractivity contribution < 1.29 is 22.9 Å². The lowest BCUT2D eigenvalue weighted by atomic mass is 10.0. The number of aliphatic hydroxyl groups is 1. The van der Waals surface area contributed by atoms with Gasteiger partial charge in [0.05, 0.1) is 17.9 Å². The van der Waals surface area contributed by atoms with Crippen molar-refractivity contribution in [3.05, 3.63) is 12.2 Å². The number of nitrogens with one attached hydrogen (secondary N) is 1. The molecule has 2 atom stereocenters. The zero-order valence-electron chi connectivity index (χ0n) is 34.7. The summed E-state index contributed by atoms with van der Waals surface area (Å²) in [6.45, 7) is 4.54. The number of aliphatic hydroxyl groups excluding tert-OH is 1. The summed E-state index contributed by atoms with van der Waals surface area (Å²) in [5.41, 5.74) is 0.